The van der Waals surface area contributed by atoms with Gasteiger partial charge in [0.1, 0.15) is 0 Å². The van der Waals surface area contributed by atoms with E-state index in [0.29, 0.717) is 24.0 Å². The third-order valence-corrected chi connectivity index (χ3v) is 4.21. The van der Waals surface area contributed by atoms with Crippen molar-refractivity contribution in [2.45, 2.75) is 52.1 Å². The molecule has 0 aromatic heterocycles. The lowest BCUT2D eigenvalue weighted by Gasteiger charge is -2.25. The summed E-state index contributed by atoms with van der Waals surface area (Å²) in [4.78, 5) is 0. The van der Waals surface area contributed by atoms with Crippen LogP contribution < -0.4 is 11.1 Å². The minimum atomic E-state index is 0.296. The van der Waals surface area contributed by atoms with Crippen LogP contribution in [-0.2, 0) is 0 Å². The highest BCUT2D eigenvalue weighted by Gasteiger charge is 2.32. The number of hydrogen-bond acceptors (Lipinski definition) is 2. The second kappa shape index (κ2) is 5.41. The zero-order valence-corrected chi connectivity index (χ0v) is 11.9. The molecular formula is C16H26N2. The lowest BCUT2D eigenvalue weighted by molar-refractivity contribution is 0.353. The van der Waals surface area contributed by atoms with E-state index in [1.54, 1.807) is 0 Å². The molecule has 1 saturated carbocycles. The molecule has 1 aromatic carbocycles. The van der Waals surface area contributed by atoms with Crippen molar-refractivity contribution >= 4 is 0 Å². The van der Waals surface area contributed by atoms with Gasteiger partial charge in [-0.1, -0.05) is 38.1 Å². The highest BCUT2D eigenvalue weighted by Crippen LogP contribution is 2.37. The smallest absolute Gasteiger partial charge is 0.0449 e. The molecule has 0 bridgehead atoms. The van der Waals surface area contributed by atoms with Crippen LogP contribution in [0.4, 0.5) is 0 Å². The molecule has 1 aliphatic carbocycles. The first-order chi connectivity index (χ1) is 8.52. The summed E-state index contributed by atoms with van der Waals surface area (Å²) in [7, 11) is 0. The van der Waals surface area contributed by atoms with Crippen molar-refractivity contribution < 1.29 is 0 Å². The first kappa shape index (κ1) is 13.6. The van der Waals surface area contributed by atoms with Gasteiger partial charge >= 0.3 is 0 Å². The Bertz CT molecular complexity index is 398. The largest absolute Gasteiger partial charge is 0.329 e. The van der Waals surface area contributed by atoms with Crippen LogP contribution in [0.5, 0.6) is 0 Å². The Kier molecular flexibility index (Phi) is 4.08. The van der Waals surface area contributed by atoms with Gasteiger partial charge in [-0.05, 0) is 42.7 Å². The van der Waals surface area contributed by atoms with E-state index in [-0.39, 0.29) is 0 Å². The predicted molar refractivity (Wildman–Crippen MR) is 77.5 cm³/mol. The van der Waals surface area contributed by atoms with Gasteiger partial charge in [-0.3, -0.25) is 0 Å². The van der Waals surface area contributed by atoms with Crippen molar-refractivity contribution in [3.8, 4) is 0 Å². The van der Waals surface area contributed by atoms with Gasteiger partial charge in [0.25, 0.3) is 0 Å². The third-order valence-electron chi connectivity index (χ3n) is 4.21. The highest BCUT2D eigenvalue weighted by molar-refractivity contribution is 5.29. The lowest BCUT2D eigenvalue weighted by Crippen LogP contribution is -2.36. The van der Waals surface area contributed by atoms with Crippen LogP contribution in [0.2, 0.25) is 0 Å². The number of benzene rings is 1. The molecule has 1 fully saturated rings. The van der Waals surface area contributed by atoms with E-state index >= 15 is 0 Å². The zero-order valence-electron chi connectivity index (χ0n) is 11.9. The molecule has 2 rings (SSSR count). The molecule has 0 aliphatic heterocycles. The van der Waals surface area contributed by atoms with Gasteiger partial charge in [-0.2, -0.15) is 0 Å². The van der Waals surface area contributed by atoms with Crippen molar-refractivity contribution in [3.63, 3.8) is 0 Å². The molecule has 0 amide bonds. The normalized spacial score (nSPS) is 24.1. The van der Waals surface area contributed by atoms with Crippen LogP contribution in [0.25, 0.3) is 0 Å². The molecule has 0 radical (unpaired) electrons. The number of nitrogens with two attached hydrogens (primary N) is 1. The maximum absolute atomic E-state index is 5.96. The summed E-state index contributed by atoms with van der Waals surface area (Å²) < 4.78 is 0. The van der Waals surface area contributed by atoms with Gasteiger partial charge in [0, 0.05) is 18.6 Å². The monoisotopic (exact) mass is 246 g/mol. The van der Waals surface area contributed by atoms with Crippen molar-refractivity contribution in [3.05, 3.63) is 35.4 Å². The molecule has 2 nitrogen and oxygen atoms in total. The fraction of sp³-hybridized carbons (Fsp3) is 0.625. The van der Waals surface area contributed by atoms with Crippen molar-refractivity contribution in [1.82, 2.24) is 5.32 Å². The Hall–Kier alpha value is -0.860. The number of nitrogens with one attached hydrogen (secondary N) is 1. The van der Waals surface area contributed by atoms with E-state index in [1.807, 2.05) is 0 Å². The average Bonchev–Trinajstić information content (AvgIpc) is 2.67. The van der Waals surface area contributed by atoms with Crippen LogP contribution in [0, 0.1) is 12.3 Å². The minimum Gasteiger partial charge on any atom is -0.329 e. The van der Waals surface area contributed by atoms with Gasteiger partial charge in [-0.15, -0.1) is 0 Å². The van der Waals surface area contributed by atoms with Crippen LogP contribution in [0.15, 0.2) is 24.3 Å². The molecule has 2 heteroatoms. The molecule has 1 aliphatic rings. The van der Waals surface area contributed by atoms with Crippen molar-refractivity contribution in [2.24, 2.45) is 11.1 Å². The van der Waals surface area contributed by atoms with E-state index < -0.39 is 0 Å². The molecule has 1 aromatic rings. The summed E-state index contributed by atoms with van der Waals surface area (Å²) in [6.07, 6.45) is 3.85. The maximum atomic E-state index is 5.96. The molecule has 0 heterocycles. The Labute approximate surface area is 111 Å². The fourth-order valence-electron chi connectivity index (χ4n) is 3.13. The van der Waals surface area contributed by atoms with Gasteiger partial charge < -0.3 is 11.1 Å². The summed E-state index contributed by atoms with van der Waals surface area (Å²) in [5.74, 6) is 0. The minimum absolute atomic E-state index is 0.296. The van der Waals surface area contributed by atoms with Crippen molar-refractivity contribution in [2.75, 3.05) is 6.54 Å². The van der Waals surface area contributed by atoms with Crippen LogP contribution >= 0.6 is 0 Å². The van der Waals surface area contributed by atoms with E-state index in [4.69, 9.17) is 5.73 Å². The Morgan fingerprint density at radius 1 is 1.39 bits per heavy atom. The predicted octanol–water partition coefficient (Wildman–Crippen LogP) is 3.16. The van der Waals surface area contributed by atoms with E-state index in [0.717, 1.165) is 0 Å². The van der Waals surface area contributed by atoms with Gasteiger partial charge in [-0.25, -0.2) is 0 Å². The standard InChI is InChI=1S/C16H26N2/c1-12-6-4-5-7-14(12)15(11-17)18-13-8-9-16(2,3)10-13/h4-7,13,15,18H,8-11,17H2,1-3H3. The Morgan fingerprint density at radius 2 is 2.11 bits per heavy atom. The summed E-state index contributed by atoms with van der Waals surface area (Å²) in [5, 5.41) is 3.75. The van der Waals surface area contributed by atoms with E-state index in [9.17, 15) is 0 Å². The van der Waals surface area contributed by atoms with Gasteiger partial charge in [0.05, 0.1) is 0 Å². The van der Waals surface area contributed by atoms with Crippen molar-refractivity contribution in [1.29, 1.82) is 0 Å². The van der Waals surface area contributed by atoms with Crippen LogP contribution in [0.3, 0.4) is 0 Å². The molecule has 100 valence electrons. The fourth-order valence-corrected chi connectivity index (χ4v) is 3.13. The Balaban J connectivity index is 2.05. The van der Waals surface area contributed by atoms with Gasteiger partial charge in [0.2, 0.25) is 0 Å². The second-order valence-electron chi connectivity index (χ2n) is 6.42. The SMILES string of the molecule is Cc1ccccc1C(CN)NC1CCC(C)(C)C1. The van der Waals surface area contributed by atoms with E-state index in [1.165, 1.54) is 30.4 Å². The average molecular weight is 246 g/mol. The van der Waals surface area contributed by atoms with Gasteiger partial charge in [0.15, 0.2) is 0 Å². The number of hydrogen-bond donors (Lipinski definition) is 2. The topological polar surface area (TPSA) is 38.0 Å². The molecule has 0 saturated heterocycles. The third kappa shape index (κ3) is 3.12. The number of rotatable bonds is 4. The summed E-state index contributed by atoms with van der Waals surface area (Å²) >= 11 is 0. The lowest BCUT2D eigenvalue weighted by atomic mass is 9.91. The molecule has 2 unspecified atom stereocenters. The van der Waals surface area contributed by atoms with Crippen LogP contribution in [0.1, 0.15) is 50.3 Å². The quantitative estimate of drug-likeness (QED) is 0.856. The zero-order chi connectivity index (χ0) is 13.2. The molecule has 18 heavy (non-hydrogen) atoms. The highest BCUT2D eigenvalue weighted by atomic mass is 15.0. The maximum Gasteiger partial charge on any atom is 0.0449 e. The first-order valence-corrected chi connectivity index (χ1v) is 7.03. The van der Waals surface area contributed by atoms with E-state index in [2.05, 4.69) is 50.4 Å². The molecular weight excluding hydrogens is 220 g/mol. The molecule has 0 spiro atoms. The summed E-state index contributed by atoms with van der Waals surface area (Å²) in [6, 6.07) is 9.47. The number of aryl methyl sites for hydroxylation is 1. The van der Waals surface area contributed by atoms with Crippen LogP contribution in [-0.4, -0.2) is 12.6 Å². The summed E-state index contributed by atoms with van der Waals surface area (Å²) in [5.41, 5.74) is 9.13. The second-order valence-corrected chi connectivity index (χ2v) is 6.42. The summed E-state index contributed by atoms with van der Waals surface area (Å²) in [6.45, 7) is 7.56. The first-order valence-electron chi connectivity index (χ1n) is 7.03. The molecule has 3 N–H and O–H groups in total. The molecule has 2 atom stereocenters. The Morgan fingerprint density at radius 3 is 2.67 bits per heavy atom.